The Hall–Kier alpha value is -1.19. The molecule has 1 aromatic heterocycles. The van der Waals surface area contributed by atoms with Crippen molar-refractivity contribution in [2.75, 3.05) is 22.9 Å². The number of carbonyl (C=O) groups is 1. The van der Waals surface area contributed by atoms with Crippen molar-refractivity contribution in [1.29, 1.82) is 0 Å². The van der Waals surface area contributed by atoms with Crippen LogP contribution < -0.4 is 10.6 Å². The van der Waals surface area contributed by atoms with Crippen LogP contribution in [0.3, 0.4) is 0 Å². The van der Waals surface area contributed by atoms with Crippen molar-refractivity contribution in [1.82, 2.24) is 10.2 Å². The lowest BCUT2D eigenvalue weighted by Crippen LogP contribution is -2.14. The van der Waals surface area contributed by atoms with Crippen molar-refractivity contribution in [3.63, 3.8) is 0 Å². The number of anilines is 2. The maximum Gasteiger partial charge on any atom is 0.234 e. The molecule has 5 nitrogen and oxygen atoms in total. The molecule has 0 saturated heterocycles. The third-order valence-electron chi connectivity index (χ3n) is 2.46. The smallest absolute Gasteiger partial charge is 0.234 e. The van der Waals surface area contributed by atoms with Gasteiger partial charge in [0.15, 0.2) is 4.34 Å². The summed E-state index contributed by atoms with van der Waals surface area (Å²) in [7, 11) is 0. The van der Waals surface area contributed by atoms with Crippen LogP contribution in [0.4, 0.5) is 15.2 Å². The number of hydrogen-bond acceptors (Lipinski definition) is 6. The van der Waals surface area contributed by atoms with Gasteiger partial charge in [-0.05, 0) is 24.6 Å². The predicted molar refractivity (Wildman–Crippen MR) is 92.1 cm³/mol. The summed E-state index contributed by atoms with van der Waals surface area (Å²) < 4.78 is 14.9. The molecule has 2 aromatic rings. The van der Waals surface area contributed by atoms with Crippen LogP contribution in [0, 0.1) is 5.82 Å². The lowest BCUT2D eigenvalue weighted by Gasteiger charge is -2.05. The van der Waals surface area contributed by atoms with E-state index in [9.17, 15) is 9.18 Å². The number of amides is 1. The van der Waals surface area contributed by atoms with Crippen molar-refractivity contribution in [3.05, 3.63) is 28.5 Å². The van der Waals surface area contributed by atoms with Crippen LogP contribution in [0.2, 0.25) is 0 Å². The number of aromatic nitrogens is 2. The number of rotatable bonds is 7. The van der Waals surface area contributed by atoms with Crippen LogP contribution in [-0.4, -0.2) is 28.4 Å². The van der Waals surface area contributed by atoms with Crippen LogP contribution in [0.5, 0.6) is 0 Å². The van der Waals surface area contributed by atoms with Gasteiger partial charge in [0.05, 0.1) is 11.4 Å². The first kappa shape index (κ1) is 17.2. The first-order chi connectivity index (χ1) is 10.6. The monoisotopic (exact) mass is 404 g/mol. The van der Waals surface area contributed by atoms with Gasteiger partial charge in [0.25, 0.3) is 0 Å². The van der Waals surface area contributed by atoms with E-state index in [-0.39, 0.29) is 17.3 Å². The minimum absolute atomic E-state index is 0.151. The number of thioether (sulfide) groups is 1. The molecule has 1 heterocycles. The van der Waals surface area contributed by atoms with Gasteiger partial charge in [0.1, 0.15) is 5.82 Å². The van der Waals surface area contributed by atoms with Gasteiger partial charge in [-0.15, -0.1) is 10.2 Å². The highest BCUT2D eigenvalue weighted by Gasteiger charge is 2.10. The third kappa shape index (κ3) is 5.22. The fourth-order valence-corrected chi connectivity index (χ4v) is 3.39. The van der Waals surface area contributed by atoms with Gasteiger partial charge in [-0.3, -0.25) is 4.79 Å². The molecule has 2 N–H and O–H groups in total. The van der Waals surface area contributed by atoms with Gasteiger partial charge in [-0.2, -0.15) is 0 Å². The average Bonchev–Trinajstić information content (AvgIpc) is 2.94. The molecule has 0 fully saturated rings. The lowest BCUT2D eigenvalue weighted by molar-refractivity contribution is -0.113. The number of nitrogens with one attached hydrogen (secondary N) is 2. The summed E-state index contributed by atoms with van der Waals surface area (Å²) in [6.45, 7) is 2.90. The highest BCUT2D eigenvalue weighted by molar-refractivity contribution is 9.10. The van der Waals surface area contributed by atoms with E-state index in [1.807, 2.05) is 0 Å². The Labute approximate surface area is 144 Å². The quantitative estimate of drug-likeness (QED) is 0.682. The van der Waals surface area contributed by atoms with Gasteiger partial charge in [-0.1, -0.05) is 46.0 Å². The first-order valence-corrected chi connectivity index (χ1v) is 9.13. The number of benzene rings is 1. The van der Waals surface area contributed by atoms with Crippen molar-refractivity contribution >= 4 is 55.8 Å². The molecule has 0 unspecified atom stereocenters. The van der Waals surface area contributed by atoms with Gasteiger partial charge in [-0.25, -0.2) is 4.39 Å². The van der Waals surface area contributed by atoms with Crippen molar-refractivity contribution < 1.29 is 9.18 Å². The minimum atomic E-state index is -0.477. The van der Waals surface area contributed by atoms with Crippen LogP contribution in [-0.2, 0) is 4.79 Å². The van der Waals surface area contributed by atoms with Gasteiger partial charge >= 0.3 is 0 Å². The second-order valence-electron chi connectivity index (χ2n) is 4.26. The Kier molecular flexibility index (Phi) is 6.59. The highest BCUT2D eigenvalue weighted by Crippen LogP contribution is 2.26. The predicted octanol–water partition coefficient (Wildman–Crippen LogP) is 3.99. The molecule has 9 heteroatoms. The van der Waals surface area contributed by atoms with E-state index < -0.39 is 5.82 Å². The number of carbonyl (C=O) groups excluding carboxylic acids is 1. The number of halogens is 2. The molecule has 0 aliphatic rings. The van der Waals surface area contributed by atoms with Gasteiger partial charge in [0, 0.05) is 11.0 Å². The molecule has 22 heavy (non-hydrogen) atoms. The summed E-state index contributed by atoms with van der Waals surface area (Å²) in [6.07, 6.45) is 1.00. The van der Waals surface area contributed by atoms with Crippen molar-refractivity contribution in [3.8, 4) is 0 Å². The van der Waals surface area contributed by atoms with Gasteiger partial charge < -0.3 is 10.6 Å². The van der Waals surface area contributed by atoms with E-state index >= 15 is 0 Å². The molecule has 0 atom stereocenters. The summed E-state index contributed by atoms with van der Waals surface area (Å²) in [4.78, 5) is 11.8. The molecule has 0 saturated carbocycles. The highest BCUT2D eigenvalue weighted by atomic mass is 79.9. The van der Waals surface area contributed by atoms with Crippen LogP contribution in [0.25, 0.3) is 0 Å². The summed E-state index contributed by atoms with van der Waals surface area (Å²) >= 11 is 5.84. The van der Waals surface area contributed by atoms with E-state index in [0.29, 0.717) is 8.81 Å². The summed E-state index contributed by atoms with van der Waals surface area (Å²) in [5.41, 5.74) is 0.163. The largest absolute Gasteiger partial charge is 0.360 e. The molecule has 0 radical (unpaired) electrons. The van der Waals surface area contributed by atoms with E-state index in [1.165, 1.54) is 35.2 Å². The Morgan fingerprint density at radius 2 is 2.27 bits per heavy atom. The zero-order valence-electron chi connectivity index (χ0n) is 11.7. The second-order valence-corrected chi connectivity index (χ2v) is 7.38. The molecule has 1 amide bonds. The molecule has 0 spiro atoms. The molecule has 0 aliphatic carbocycles. The topological polar surface area (TPSA) is 66.9 Å². The third-order valence-corrected chi connectivity index (χ3v) is 4.97. The standard InChI is InChI=1S/C13H14BrFN4OS2/c1-2-5-16-12-18-19-13(22-12)21-7-11(20)17-10-4-3-8(14)6-9(10)15/h3-4,6H,2,5,7H2,1H3,(H,16,18)(H,17,20). The summed E-state index contributed by atoms with van der Waals surface area (Å²) in [5, 5.41) is 14.4. The molecule has 0 bridgehead atoms. The Bertz CT molecular complexity index is 653. The lowest BCUT2D eigenvalue weighted by atomic mass is 10.3. The van der Waals surface area contributed by atoms with Crippen molar-refractivity contribution in [2.24, 2.45) is 0 Å². The van der Waals surface area contributed by atoms with E-state index in [2.05, 4.69) is 43.7 Å². The Balaban J connectivity index is 1.83. The maximum atomic E-state index is 13.6. The summed E-state index contributed by atoms with van der Waals surface area (Å²) in [6, 6.07) is 4.49. The zero-order valence-corrected chi connectivity index (χ0v) is 14.9. The Morgan fingerprint density at radius 1 is 1.45 bits per heavy atom. The molecular weight excluding hydrogens is 391 g/mol. The van der Waals surface area contributed by atoms with Crippen LogP contribution in [0.1, 0.15) is 13.3 Å². The SMILES string of the molecule is CCCNc1nnc(SCC(=O)Nc2ccc(Br)cc2F)s1. The average molecular weight is 405 g/mol. The zero-order chi connectivity index (χ0) is 15.9. The molecule has 118 valence electrons. The Morgan fingerprint density at radius 3 is 3.00 bits per heavy atom. The first-order valence-electron chi connectivity index (χ1n) is 6.53. The number of nitrogens with zero attached hydrogens (tertiary/aromatic N) is 2. The van der Waals surface area contributed by atoms with E-state index in [1.54, 1.807) is 6.07 Å². The van der Waals surface area contributed by atoms with Crippen LogP contribution >= 0.6 is 39.0 Å². The van der Waals surface area contributed by atoms with E-state index in [0.717, 1.165) is 18.1 Å². The van der Waals surface area contributed by atoms with E-state index in [4.69, 9.17) is 0 Å². The minimum Gasteiger partial charge on any atom is -0.360 e. The van der Waals surface area contributed by atoms with Crippen molar-refractivity contribution in [2.45, 2.75) is 17.7 Å². The molecule has 0 aliphatic heterocycles. The summed E-state index contributed by atoms with van der Waals surface area (Å²) in [5.74, 6) is -0.614. The fourth-order valence-electron chi connectivity index (χ4n) is 1.48. The fraction of sp³-hybridized carbons (Fsp3) is 0.308. The normalized spacial score (nSPS) is 10.5. The molecule has 1 aromatic carbocycles. The molecule has 2 rings (SSSR count). The maximum absolute atomic E-state index is 13.6. The molecular formula is C13H14BrFN4OS2. The van der Waals surface area contributed by atoms with Crippen LogP contribution in [0.15, 0.2) is 27.0 Å². The second kappa shape index (κ2) is 8.44. The number of hydrogen-bond donors (Lipinski definition) is 2. The van der Waals surface area contributed by atoms with Gasteiger partial charge in [0.2, 0.25) is 11.0 Å².